The molecule has 18 heavy (non-hydrogen) atoms. The second kappa shape index (κ2) is 6.19. The van der Waals surface area contributed by atoms with E-state index in [0.717, 1.165) is 6.42 Å². The molecule has 2 aromatic carbocycles. The fourth-order valence-corrected chi connectivity index (χ4v) is 2.68. The van der Waals surface area contributed by atoms with Gasteiger partial charge in [-0.2, -0.15) is 0 Å². The summed E-state index contributed by atoms with van der Waals surface area (Å²) >= 11 is 3.78. The lowest BCUT2D eigenvalue weighted by Gasteiger charge is -2.11. The number of halogens is 1. The molecule has 0 bridgehead atoms. The zero-order valence-corrected chi connectivity index (χ0v) is 12.6. The molecule has 0 spiro atoms. The normalized spacial score (nSPS) is 12.4. The summed E-state index contributed by atoms with van der Waals surface area (Å²) in [5.41, 5.74) is 5.35. The topological polar surface area (TPSA) is 0 Å². The molecular formula is C17H19Br. The first-order chi connectivity index (χ1) is 8.70. The molecule has 0 heterocycles. The van der Waals surface area contributed by atoms with E-state index in [0.29, 0.717) is 0 Å². The van der Waals surface area contributed by atoms with Crippen LogP contribution in [0, 0.1) is 6.92 Å². The molecule has 0 saturated heterocycles. The maximum absolute atomic E-state index is 3.78. The Labute approximate surface area is 118 Å². The van der Waals surface area contributed by atoms with Crippen LogP contribution in [0.25, 0.3) is 0 Å². The van der Waals surface area contributed by atoms with E-state index in [1.807, 2.05) is 0 Å². The summed E-state index contributed by atoms with van der Waals surface area (Å²) in [6.45, 7) is 4.33. The Bertz CT molecular complexity index is 482. The lowest BCUT2D eigenvalue weighted by atomic mass is 10.0. The van der Waals surface area contributed by atoms with Crippen LogP contribution < -0.4 is 0 Å². The largest absolute Gasteiger partial charge is 0.0786 e. The Morgan fingerprint density at radius 3 is 1.89 bits per heavy atom. The van der Waals surface area contributed by atoms with Gasteiger partial charge >= 0.3 is 0 Å². The van der Waals surface area contributed by atoms with Crippen molar-refractivity contribution in [1.29, 1.82) is 0 Å². The molecule has 1 unspecified atom stereocenters. The summed E-state index contributed by atoms with van der Waals surface area (Å²) < 4.78 is 0. The predicted molar refractivity (Wildman–Crippen MR) is 82.4 cm³/mol. The monoisotopic (exact) mass is 302 g/mol. The van der Waals surface area contributed by atoms with Gasteiger partial charge in [0.05, 0.1) is 4.83 Å². The second-order valence-corrected chi connectivity index (χ2v) is 5.68. The van der Waals surface area contributed by atoms with Crippen molar-refractivity contribution in [3.05, 3.63) is 70.8 Å². The first kappa shape index (κ1) is 13.4. The first-order valence-corrected chi connectivity index (χ1v) is 7.41. The molecule has 0 aliphatic carbocycles. The standard InChI is InChI=1S/C17H19Br/c1-3-4-14-7-11-16(12-8-14)17(18)15-9-5-13(2)6-10-15/h5-12,17H,3-4H2,1-2H3. The van der Waals surface area contributed by atoms with Crippen LogP contribution in [0.2, 0.25) is 0 Å². The second-order valence-electron chi connectivity index (χ2n) is 4.76. The Balaban J connectivity index is 2.17. The van der Waals surface area contributed by atoms with Gasteiger partial charge in [-0.1, -0.05) is 83.4 Å². The molecule has 0 radical (unpaired) electrons. The van der Waals surface area contributed by atoms with Crippen LogP contribution in [0.4, 0.5) is 0 Å². The van der Waals surface area contributed by atoms with Crippen LogP contribution in [0.5, 0.6) is 0 Å². The third kappa shape index (κ3) is 3.23. The van der Waals surface area contributed by atoms with Crippen LogP contribution in [0.1, 0.15) is 40.4 Å². The molecule has 2 rings (SSSR count). The molecule has 0 N–H and O–H groups in total. The van der Waals surface area contributed by atoms with Gasteiger partial charge in [-0.25, -0.2) is 0 Å². The number of benzene rings is 2. The summed E-state index contributed by atoms with van der Waals surface area (Å²) in [4.78, 5) is 0.286. The van der Waals surface area contributed by atoms with Gasteiger partial charge in [0.25, 0.3) is 0 Å². The smallest absolute Gasteiger partial charge is 0.0644 e. The van der Waals surface area contributed by atoms with E-state index < -0.39 is 0 Å². The zero-order valence-electron chi connectivity index (χ0n) is 11.0. The summed E-state index contributed by atoms with van der Waals surface area (Å²) in [5, 5.41) is 0. The molecule has 0 aromatic heterocycles. The van der Waals surface area contributed by atoms with Crippen LogP contribution in [0.3, 0.4) is 0 Å². The van der Waals surface area contributed by atoms with Crippen LogP contribution in [-0.2, 0) is 6.42 Å². The lowest BCUT2D eigenvalue weighted by Crippen LogP contribution is -1.93. The average Bonchev–Trinajstić information content (AvgIpc) is 2.40. The van der Waals surface area contributed by atoms with E-state index in [4.69, 9.17) is 0 Å². The van der Waals surface area contributed by atoms with Gasteiger partial charge in [0.15, 0.2) is 0 Å². The molecule has 1 heteroatoms. The number of hydrogen-bond acceptors (Lipinski definition) is 0. The van der Waals surface area contributed by atoms with Crippen molar-refractivity contribution in [1.82, 2.24) is 0 Å². The van der Waals surface area contributed by atoms with Crippen LogP contribution in [0.15, 0.2) is 48.5 Å². The maximum Gasteiger partial charge on any atom is 0.0644 e. The van der Waals surface area contributed by atoms with Gasteiger partial charge in [-0.3, -0.25) is 0 Å². The molecule has 0 aliphatic rings. The van der Waals surface area contributed by atoms with Crippen molar-refractivity contribution in [2.45, 2.75) is 31.5 Å². The molecule has 0 fully saturated rings. The van der Waals surface area contributed by atoms with Crippen molar-refractivity contribution in [2.75, 3.05) is 0 Å². The maximum atomic E-state index is 3.78. The molecule has 0 amide bonds. The fraction of sp³-hybridized carbons (Fsp3) is 0.294. The van der Waals surface area contributed by atoms with Crippen molar-refractivity contribution >= 4 is 15.9 Å². The van der Waals surface area contributed by atoms with E-state index >= 15 is 0 Å². The molecule has 1 atom stereocenters. The van der Waals surface area contributed by atoms with Gasteiger partial charge < -0.3 is 0 Å². The Morgan fingerprint density at radius 2 is 1.39 bits per heavy atom. The molecule has 2 aromatic rings. The number of hydrogen-bond donors (Lipinski definition) is 0. The van der Waals surface area contributed by atoms with Crippen molar-refractivity contribution < 1.29 is 0 Å². The van der Waals surface area contributed by atoms with E-state index in [-0.39, 0.29) is 4.83 Å². The van der Waals surface area contributed by atoms with E-state index in [9.17, 15) is 0 Å². The van der Waals surface area contributed by atoms with Crippen molar-refractivity contribution in [2.24, 2.45) is 0 Å². The summed E-state index contributed by atoms with van der Waals surface area (Å²) in [6, 6.07) is 17.6. The summed E-state index contributed by atoms with van der Waals surface area (Å²) in [5.74, 6) is 0. The highest BCUT2D eigenvalue weighted by Crippen LogP contribution is 2.30. The number of rotatable bonds is 4. The van der Waals surface area contributed by atoms with Crippen molar-refractivity contribution in [3.63, 3.8) is 0 Å². The highest BCUT2D eigenvalue weighted by molar-refractivity contribution is 9.09. The molecule has 0 aliphatic heterocycles. The third-order valence-corrected chi connectivity index (χ3v) is 4.24. The van der Waals surface area contributed by atoms with E-state index in [1.54, 1.807) is 0 Å². The van der Waals surface area contributed by atoms with Gasteiger partial charge in [0, 0.05) is 0 Å². The summed E-state index contributed by atoms with van der Waals surface area (Å²) in [7, 11) is 0. The SMILES string of the molecule is CCCc1ccc(C(Br)c2ccc(C)cc2)cc1. The first-order valence-electron chi connectivity index (χ1n) is 6.50. The van der Waals surface area contributed by atoms with Gasteiger partial charge in [0.2, 0.25) is 0 Å². The molecule has 0 saturated carbocycles. The highest BCUT2D eigenvalue weighted by Gasteiger charge is 2.09. The third-order valence-electron chi connectivity index (χ3n) is 3.18. The zero-order chi connectivity index (χ0) is 13.0. The highest BCUT2D eigenvalue weighted by atomic mass is 79.9. The molecule has 94 valence electrons. The number of aryl methyl sites for hydroxylation is 2. The summed E-state index contributed by atoms with van der Waals surface area (Å²) in [6.07, 6.45) is 2.37. The average molecular weight is 303 g/mol. The minimum Gasteiger partial charge on any atom is -0.0786 e. The quantitative estimate of drug-likeness (QED) is 0.660. The number of alkyl halides is 1. The minimum atomic E-state index is 0.286. The lowest BCUT2D eigenvalue weighted by molar-refractivity contribution is 0.920. The van der Waals surface area contributed by atoms with Gasteiger partial charge in [-0.05, 0) is 30.0 Å². The van der Waals surface area contributed by atoms with Crippen molar-refractivity contribution in [3.8, 4) is 0 Å². The van der Waals surface area contributed by atoms with Gasteiger partial charge in [0.1, 0.15) is 0 Å². The fourth-order valence-electron chi connectivity index (χ4n) is 2.07. The van der Waals surface area contributed by atoms with Crippen LogP contribution >= 0.6 is 15.9 Å². The Hall–Kier alpha value is -1.08. The van der Waals surface area contributed by atoms with E-state index in [1.165, 1.54) is 28.7 Å². The van der Waals surface area contributed by atoms with E-state index in [2.05, 4.69) is 78.3 Å². The van der Waals surface area contributed by atoms with Gasteiger partial charge in [-0.15, -0.1) is 0 Å². The minimum absolute atomic E-state index is 0.286. The Morgan fingerprint density at radius 1 is 0.889 bits per heavy atom. The predicted octanol–water partition coefficient (Wildman–Crippen LogP) is 5.43. The molecule has 0 nitrogen and oxygen atoms in total. The Kier molecular flexibility index (Phi) is 4.60. The van der Waals surface area contributed by atoms with Crippen LogP contribution in [-0.4, -0.2) is 0 Å². The molecular weight excluding hydrogens is 284 g/mol.